The van der Waals surface area contributed by atoms with Gasteiger partial charge in [-0.05, 0) is 66.1 Å². The molecular formula is C13H19BrN2. The van der Waals surface area contributed by atoms with E-state index < -0.39 is 0 Å². The summed E-state index contributed by atoms with van der Waals surface area (Å²) >= 11 is 3.47. The molecule has 2 rings (SSSR count). The number of nitrogens with one attached hydrogen (secondary N) is 1. The van der Waals surface area contributed by atoms with Gasteiger partial charge < -0.3 is 5.32 Å². The largest absolute Gasteiger partial charge is 0.367 e. The van der Waals surface area contributed by atoms with E-state index in [2.05, 4.69) is 46.1 Å². The molecule has 88 valence electrons. The molecule has 0 aliphatic heterocycles. The molecule has 0 radical (unpaired) electrons. The van der Waals surface area contributed by atoms with Gasteiger partial charge in [-0.25, -0.2) is 4.98 Å². The van der Waals surface area contributed by atoms with Gasteiger partial charge in [0, 0.05) is 16.7 Å². The van der Waals surface area contributed by atoms with E-state index >= 15 is 0 Å². The number of pyridine rings is 1. The van der Waals surface area contributed by atoms with Crippen molar-refractivity contribution < 1.29 is 0 Å². The van der Waals surface area contributed by atoms with E-state index in [0.717, 1.165) is 16.2 Å². The highest BCUT2D eigenvalue weighted by Crippen LogP contribution is 2.26. The van der Waals surface area contributed by atoms with E-state index in [4.69, 9.17) is 0 Å². The van der Waals surface area contributed by atoms with E-state index in [1.807, 2.05) is 6.20 Å². The van der Waals surface area contributed by atoms with Crippen LogP contribution in [0.1, 0.15) is 38.2 Å². The maximum Gasteiger partial charge on any atom is 0.126 e. The van der Waals surface area contributed by atoms with Crippen LogP contribution in [0.4, 0.5) is 5.82 Å². The Morgan fingerprint density at radius 3 is 2.62 bits per heavy atom. The quantitative estimate of drug-likeness (QED) is 0.882. The summed E-state index contributed by atoms with van der Waals surface area (Å²) in [6.45, 7) is 4.44. The molecule has 1 saturated carbocycles. The summed E-state index contributed by atoms with van der Waals surface area (Å²) in [5.41, 5.74) is 1.24. The normalized spacial score (nSPS) is 25.4. The third kappa shape index (κ3) is 2.97. The third-order valence-corrected chi connectivity index (χ3v) is 4.24. The van der Waals surface area contributed by atoms with Crippen LogP contribution in [0.3, 0.4) is 0 Å². The lowest BCUT2D eigenvalue weighted by molar-refractivity contribution is 0.361. The van der Waals surface area contributed by atoms with Gasteiger partial charge in [0.25, 0.3) is 0 Å². The Bertz CT molecular complexity index is 357. The van der Waals surface area contributed by atoms with Gasteiger partial charge in [0.15, 0.2) is 0 Å². The van der Waals surface area contributed by atoms with Gasteiger partial charge in [-0.2, -0.15) is 0 Å². The fourth-order valence-corrected chi connectivity index (χ4v) is 2.45. The molecule has 2 nitrogen and oxygen atoms in total. The molecule has 1 heterocycles. The van der Waals surface area contributed by atoms with Gasteiger partial charge in [0.2, 0.25) is 0 Å². The Balaban J connectivity index is 1.96. The molecule has 0 amide bonds. The Hall–Kier alpha value is -0.570. The Labute approximate surface area is 106 Å². The van der Waals surface area contributed by atoms with Crippen LogP contribution in [-0.2, 0) is 0 Å². The second-order valence-corrected chi connectivity index (χ2v) is 5.77. The monoisotopic (exact) mass is 282 g/mol. The summed E-state index contributed by atoms with van der Waals surface area (Å²) in [6.07, 6.45) is 7.11. The van der Waals surface area contributed by atoms with Gasteiger partial charge in [0.1, 0.15) is 5.82 Å². The molecule has 16 heavy (non-hydrogen) atoms. The first kappa shape index (κ1) is 11.9. The van der Waals surface area contributed by atoms with Crippen LogP contribution >= 0.6 is 15.9 Å². The van der Waals surface area contributed by atoms with E-state index in [9.17, 15) is 0 Å². The molecular weight excluding hydrogens is 264 g/mol. The maximum absolute atomic E-state index is 4.39. The van der Waals surface area contributed by atoms with Crippen LogP contribution in [0, 0.1) is 12.8 Å². The lowest BCUT2D eigenvalue weighted by atomic mass is 9.87. The van der Waals surface area contributed by atoms with Crippen LogP contribution < -0.4 is 5.32 Å². The number of hydrogen-bond acceptors (Lipinski definition) is 2. The first-order valence-electron chi connectivity index (χ1n) is 6.04. The highest BCUT2D eigenvalue weighted by atomic mass is 79.9. The first-order valence-corrected chi connectivity index (χ1v) is 6.83. The van der Waals surface area contributed by atoms with Crippen LogP contribution in [0.25, 0.3) is 0 Å². The zero-order valence-corrected chi connectivity index (χ0v) is 11.5. The molecule has 1 aliphatic rings. The number of halogens is 1. The summed E-state index contributed by atoms with van der Waals surface area (Å²) in [6, 6.07) is 2.73. The first-order chi connectivity index (χ1) is 7.65. The smallest absolute Gasteiger partial charge is 0.126 e. The molecule has 1 aliphatic carbocycles. The lowest BCUT2D eigenvalue weighted by Crippen LogP contribution is -2.25. The maximum atomic E-state index is 4.39. The van der Waals surface area contributed by atoms with Crippen LogP contribution in [0.2, 0.25) is 0 Å². The van der Waals surface area contributed by atoms with Gasteiger partial charge >= 0.3 is 0 Å². The third-order valence-electron chi connectivity index (χ3n) is 3.41. The predicted octanol–water partition coefficient (Wildman–Crippen LogP) is 4.14. The van der Waals surface area contributed by atoms with Gasteiger partial charge in [0.05, 0.1) is 0 Å². The van der Waals surface area contributed by atoms with Gasteiger partial charge in [-0.3, -0.25) is 0 Å². The summed E-state index contributed by atoms with van der Waals surface area (Å²) in [5.74, 6) is 1.91. The van der Waals surface area contributed by atoms with Crippen molar-refractivity contribution in [3.63, 3.8) is 0 Å². The fraction of sp³-hybridized carbons (Fsp3) is 0.615. The summed E-state index contributed by atoms with van der Waals surface area (Å²) in [5, 5.41) is 3.54. The minimum absolute atomic E-state index is 0.615. The van der Waals surface area contributed by atoms with Crippen molar-refractivity contribution in [1.29, 1.82) is 0 Å². The number of anilines is 1. The highest BCUT2D eigenvalue weighted by Gasteiger charge is 2.18. The number of rotatable bonds is 2. The Kier molecular flexibility index (Phi) is 3.85. The predicted molar refractivity (Wildman–Crippen MR) is 71.7 cm³/mol. The zero-order valence-electron chi connectivity index (χ0n) is 9.96. The van der Waals surface area contributed by atoms with Gasteiger partial charge in [-0.1, -0.05) is 6.92 Å². The van der Waals surface area contributed by atoms with Crippen molar-refractivity contribution in [1.82, 2.24) is 4.98 Å². The van der Waals surface area contributed by atoms with E-state index in [1.54, 1.807) is 0 Å². The second kappa shape index (κ2) is 5.17. The molecule has 1 aromatic heterocycles. The molecule has 0 atom stereocenters. The fourth-order valence-electron chi connectivity index (χ4n) is 2.23. The molecule has 0 spiro atoms. The summed E-state index contributed by atoms with van der Waals surface area (Å²) in [7, 11) is 0. The molecule has 1 N–H and O–H groups in total. The number of nitrogens with zero attached hydrogens (tertiary/aromatic N) is 1. The zero-order chi connectivity index (χ0) is 11.5. The molecule has 1 fully saturated rings. The number of aryl methyl sites for hydroxylation is 1. The number of hydrogen-bond donors (Lipinski definition) is 1. The van der Waals surface area contributed by atoms with Crippen LogP contribution in [-0.4, -0.2) is 11.0 Å². The summed E-state index contributed by atoms with van der Waals surface area (Å²) < 4.78 is 1.08. The minimum Gasteiger partial charge on any atom is -0.367 e. The van der Waals surface area contributed by atoms with Gasteiger partial charge in [-0.15, -0.1) is 0 Å². The second-order valence-electron chi connectivity index (χ2n) is 4.92. The molecule has 3 heteroatoms. The summed E-state index contributed by atoms with van der Waals surface area (Å²) in [4.78, 5) is 4.39. The topological polar surface area (TPSA) is 24.9 Å². The van der Waals surface area contributed by atoms with Crippen LogP contribution in [0.5, 0.6) is 0 Å². The van der Waals surface area contributed by atoms with Crippen molar-refractivity contribution in [3.05, 3.63) is 22.3 Å². The van der Waals surface area contributed by atoms with Crippen molar-refractivity contribution in [3.8, 4) is 0 Å². The van der Waals surface area contributed by atoms with E-state index in [0.29, 0.717) is 6.04 Å². The molecule has 0 aromatic carbocycles. The molecule has 0 saturated heterocycles. The number of aromatic nitrogens is 1. The molecule has 0 bridgehead atoms. The van der Waals surface area contributed by atoms with Crippen LogP contribution in [0.15, 0.2) is 16.7 Å². The molecule has 0 unspecified atom stereocenters. The Morgan fingerprint density at radius 1 is 1.31 bits per heavy atom. The average Bonchev–Trinajstić information content (AvgIpc) is 2.27. The van der Waals surface area contributed by atoms with E-state index in [-0.39, 0.29) is 0 Å². The van der Waals surface area contributed by atoms with Crippen molar-refractivity contribution in [2.24, 2.45) is 5.92 Å². The minimum atomic E-state index is 0.615. The van der Waals surface area contributed by atoms with Crippen molar-refractivity contribution in [2.45, 2.75) is 45.6 Å². The standard InChI is InChI=1S/C13H19BrN2/c1-9-3-5-11(6-4-9)16-13-7-10(2)12(14)8-15-13/h7-9,11H,3-6H2,1-2H3,(H,15,16). The average molecular weight is 283 g/mol. The SMILES string of the molecule is Cc1cc(NC2CCC(C)CC2)ncc1Br. The van der Waals surface area contributed by atoms with E-state index in [1.165, 1.54) is 31.2 Å². The van der Waals surface area contributed by atoms with Crippen molar-refractivity contribution in [2.75, 3.05) is 5.32 Å². The highest BCUT2D eigenvalue weighted by molar-refractivity contribution is 9.10. The molecule has 1 aromatic rings. The van der Waals surface area contributed by atoms with Crippen molar-refractivity contribution >= 4 is 21.7 Å². The lowest BCUT2D eigenvalue weighted by Gasteiger charge is -2.27. The Morgan fingerprint density at radius 2 is 2.00 bits per heavy atom.